The Kier molecular flexibility index (Phi) is 2.67. The Morgan fingerprint density at radius 2 is 1.95 bits per heavy atom. The number of ether oxygens (including phenoxy) is 1. The zero-order valence-corrected chi connectivity index (χ0v) is 10.9. The van der Waals surface area contributed by atoms with E-state index in [0.717, 1.165) is 16.8 Å². The molecule has 3 heteroatoms. The molecule has 0 fully saturated rings. The standard InChI is InChI=1S/C16H15NO2/c1-10-4-3-5-12-8-13(17-16(10)12)11-6-7-14(18)15(9-11)19-2/h3-9,17-18H,1-2H3. The lowest BCUT2D eigenvalue weighted by atomic mass is 10.1. The number of aromatic nitrogens is 1. The van der Waals surface area contributed by atoms with Crippen LogP contribution in [0, 0.1) is 6.92 Å². The van der Waals surface area contributed by atoms with E-state index >= 15 is 0 Å². The summed E-state index contributed by atoms with van der Waals surface area (Å²) in [6.07, 6.45) is 0. The van der Waals surface area contributed by atoms with Crippen LogP contribution in [0.1, 0.15) is 5.56 Å². The van der Waals surface area contributed by atoms with Gasteiger partial charge in [-0.25, -0.2) is 0 Å². The van der Waals surface area contributed by atoms with Crippen molar-refractivity contribution in [2.75, 3.05) is 7.11 Å². The molecule has 19 heavy (non-hydrogen) atoms. The number of H-pyrrole nitrogens is 1. The third-order valence-corrected chi connectivity index (χ3v) is 3.36. The molecule has 0 aliphatic carbocycles. The molecule has 0 aliphatic heterocycles. The van der Waals surface area contributed by atoms with Crippen molar-refractivity contribution >= 4 is 10.9 Å². The van der Waals surface area contributed by atoms with Gasteiger partial charge in [0, 0.05) is 22.2 Å². The lowest BCUT2D eigenvalue weighted by Crippen LogP contribution is -1.85. The summed E-state index contributed by atoms with van der Waals surface area (Å²) in [5.74, 6) is 0.631. The highest BCUT2D eigenvalue weighted by Crippen LogP contribution is 2.32. The van der Waals surface area contributed by atoms with Crippen LogP contribution in [0.15, 0.2) is 42.5 Å². The largest absolute Gasteiger partial charge is 0.504 e. The maximum Gasteiger partial charge on any atom is 0.161 e. The van der Waals surface area contributed by atoms with Crippen molar-refractivity contribution in [1.82, 2.24) is 4.98 Å². The van der Waals surface area contributed by atoms with Crippen molar-refractivity contribution < 1.29 is 9.84 Å². The number of methoxy groups -OCH3 is 1. The molecule has 0 radical (unpaired) electrons. The van der Waals surface area contributed by atoms with Gasteiger partial charge in [0.25, 0.3) is 0 Å². The molecule has 3 nitrogen and oxygen atoms in total. The summed E-state index contributed by atoms with van der Waals surface area (Å²) in [4.78, 5) is 3.41. The van der Waals surface area contributed by atoms with Gasteiger partial charge >= 0.3 is 0 Å². The molecule has 1 heterocycles. The third-order valence-electron chi connectivity index (χ3n) is 3.36. The first-order valence-corrected chi connectivity index (χ1v) is 6.15. The molecule has 0 aliphatic rings. The van der Waals surface area contributed by atoms with Gasteiger partial charge in [0.2, 0.25) is 0 Å². The second kappa shape index (κ2) is 4.35. The monoisotopic (exact) mass is 253 g/mol. The highest BCUT2D eigenvalue weighted by molar-refractivity contribution is 5.88. The van der Waals surface area contributed by atoms with E-state index in [1.54, 1.807) is 13.2 Å². The maximum atomic E-state index is 9.63. The maximum absolute atomic E-state index is 9.63. The lowest BCUT2D eigenvalue weighted by Gasteiger charge is -2.05. The van der Waals surface area contributed by atoms with E-state index in [0.29, 0.717) is 5.75 Å². The Labute approximate surface area is 111 Å². The highest BCUT2D eigenvalue weighted by Gasteiger charge is 2.08. The summed E-state index contributed by atoms with van der Waals surface area (Å²) in [6, 6.07) is 13.7. The first-order chi connectivity index (χ1) is 9.19. The number of phenols is 1. The van der Waals surface area contributed by atoms with Gasteiger partial charge in [-0.2, -0.15) is 0 Å². The quantitative estimate of drug-likeness (QED) is 0.728. The van der Waals surface area contributed by atoms with Gasteiger partial charge in [-0.3, -0.25) is 0 Å². The SMILES string of the molecule is COc1cc(-c2cc3cccc(C)c3[nH]2)ccc1O. The average molecular weight is 253 g/mol. The van der Waals surface area contributed by atoms with Crippen LogP contribution >= 0.6 is 0 Å². The lowest BCUT2D eigenvalue weighted by molar-refractivity contribution is 0.373. The van der Waals surface area contributed by atoms with E-state index < -0.39 is 0 Å². The van der Waals surface area contributed by atoms with Crippen LogP contribution < -0.4 is 4.74 Å². The van der Waals surface area contributed by atoms with Crippen molar-refractivity contribution in [3.05, 3.63) is 48.0 Å². The fraction of sp³-hybridized carbons (Fsp3) is 0.125. The van der Waals surface area contributed by atoms with Crippen LogP contribution in [-0.2, 0) is 0 Å². The van der Waals surface area contributed by atoms with Crippen molar-refractivity contribution in [1.29, 1.82) is 0 Å². The van der Waals surface area contributed by atoms with E-state index in [1.165, 1.54) is 10.9 Å². The molecular formula is C16H15NO2. The molecule has 2 N–H and O–H groups in total. The highest BCUT2D eigenvalue weighted by atomic mass is 16.5. The number of rotatable bonds is 2. The minimum Gasteiger partial charge on any atom is -0.504 e. The predicted molar refractivity (Wildman–Crippen MR) is 76.7 cm³/mol. The van der Waals surface area contributed by atoms with Crippen molar-refractivity contribution in [3.8, 4) is 22.8 Å². The number of para-hydroxylation sites is 1. The van der Waals surface area contributed by atoms with Gasteiger partial charge in [-0.15, -0.1) is 0 Å². The van der Waals surface area contributed by atoms with E-state index in [2.05, 4.69) is 30.1 Å². The molecule has 0 saturated heterocycles. The van der Waals surface area contributed by atoms with E-state index in [-0.39, 0.29) is 5.75 Å². The third kappa shape index (κ3) is 1.93. The van der Waals surface area contributed by atoms with Crippen molar-refractivity contribution in [2.24, 2.45) is 0 Å². The van der Waals surface area contributed by atoms with Gasteiger partial charge in [-0.1, -0.05) is 18.2 Å². The van der Waals surface area contributed by atoms with Gasteiger partial charge in [0.05, 0.1) is 7.11 Å². The summed E-state index contributed by atoms with van der Waals surface area (Å²) in [7, 11) is 1.55. The van der Waals surface area contributed by atoms with Crippen molar-refractivity contribution in [3.63, 3.8) is 0 Å². The summed E-state index contributed by atoms with van der Waals surface area (Å²) < 4.78 is 5.14. The van der Waals surface area contributed by atoms with Gasteiger partial charge in [0.1, 0.15) is 0 Å². The summed E-state index contributed by atoms with van der Waals surface area (Å²) >= 11 is 0. The molecular weight excluding hydrogens is 238 g/mol. The average Bonchev–Trinajstić information content (AvgIpc) is 2.85. The first-order valence-electron chi connectivity index (χ1n) is 6.15. The van der Waals surface area contributed by atoms with Crippen LogP contribution in [0.5, 0.6) is 11.5 Å². The molecule has 0 atom stereocenters. The Morgan fingerprint density at radius 3 is 2.68 bits per heavy atom. The van der Waals surface area contributed by atoms with E-state index in [9.17, 15) is 5.11 Å². The summed E-state index contributed by atoms with van der Waals surface area (Å²) in [5.41, 5.74) is 4.37. The van der Waals surface area contributed by atoms with E-state index in [1.807, 2.05) is 18.2 Å². The number of nitrogens with one attached hydrogen (secondary N) is 1. The first kappa shape index (κ1) is 11.7. The van der Waals surface area contributed by atoms with Crippen LogP contribution in [0.3, 0.4) is 0 Å². The van der Waals surface area contributed by atoms with Gasteiger partial charge < -0.3 is 14.8 Å². The van der Waals surface area contributed by atoms with Gasteiger partial charge in [-0.05, 0) is 36.8 Å². The Balaban J connectivity index is 2.16. The molecule has 1 aromatic heterocycles. The number of fused-ring (bicyclic) bond motifs is 1. The second-order valence-corrected chi connectivity index (χ2v) is 4.61. The van der Waals surface area contributed by atoms with Crippen LogP contribution in [0.25, 0.3) is 22.2 Å². The van der Waals surface area contributed by atoms with E-state index in [4.69, 9.17) is 4.74 Å². The summed E-state index contributed by atoms with van der Waals surface area (Å²) in [6.45, 7) is 2.08. The number of aryl methyl sites for hydroxylation is 1. The molecule has 3 rings (SSSR count). The molecule has 96 valence electrons. The Hall–Kier alpha value is -2.42. The van der Waals surface area contributed by atoms with Crippen LogP contribution in [0.2, 0.25) is 0 Å². The minimum atomic E-state index is 0.151. The second-order valence-electron chi connectivity index (χ2n) is 4.61. The topological polar surface area (TPSA) is 45.2 Å². The predicted octanol–water partition coefficient (Wildman–Crippen LogP) is 3.86. The minimum absolute atomic E-state index is 0.151. The van der Waals surface area contributed by atoms with Crippen LogP contribution in [-0.4, -0.2) is 17.2 Å². The smallest absolute Gasteiger partial charge is 0.161 e. The Bertz CT molecular complexity index is 744. The number of aromatic hydroxyl groups is 1. The molecule has 0 spiro atoms. The number of benzene rings is 2. The van der Waals surface area contributed by atoms with Crippen molar-refractivity contribution in [2.45, 2.75) is 6.92 Å². The molecule has 2 aromatic carbocycles. The molecule has 3 aromatic rings. The molecule has 0 unspecified atom stereocenters. The molecule has 0 saturated carbocycles. The number of hydrogen-bond acceptors (Lipinski definition) is 2. The zero-order valence-electron chi connectivity index (χ0n) is 10.9. The zero-order chi connectivity index (χ0) is 13.4. The normalized spacial score (nSPS) is 10.8. The summed E-state index contributed by atoms with van der Waals surface area (Å²) in [5, 5.41) is 10.8. The fourth-order valence-electron chi connectivity index (χ4n) is 2.31. The molecule has 0 bridgehead atoms. The number of hydrogen-bond donors (Lipinski definition) is 2. The number of aromatic amines is 1. The number of phenolic OH excluding ortho intramolecular Hbond substituents is 1. The molecule has 0 amide bonds. The van der Waals surface area contributed by atoms with Crippen LogP contribution in [0.4, 0.5) is 0 Å². The fourth-order valence-corrected chi connectivity index (χ4v) is 2.31. The van der Waals surface area contributed by atoms with Gasteiger partial charge in [0.15, 0.2) is 11.5 Å². The Morgan fingerprint density at radius 1 is 1.11 bits per heavy atom.